The summed E-state index contributed by atoms with van der Waals surface area (Å²) in [7, 11) is 0. The predicted molar refractivity (Wildman–Crippen MR) is 94.1 cm³/mol. The summed E-state index contributed by atoms with van der Waals surface area (Å²) in [5.41, 5.74) is 3.23. The first-order chi connectivity index (χ1) is 10.7. The second-order valence-corrected chi connectivity index (χ2v) is 8.40. The molecule has 2 aliphatic rings. The Kier molecular flexibility index (Phi) is 7.33. The maximum absolute atomic E-state index is 2.99. The van der Waals surface area contributed by atoms with Crippen LogP contribution >= 0.6 is 0 Å². The summed E-state index contributed by atoms with van der Waals surface area (Å²) in [4.78, 5) is 0. The second-order valence-electron chi connectivity index (χ2n) is 5.95. The smallest absolute Gasteiger partial charge is 0.0456 e. The third kappa shape index (κ3) is 5.36. The summed E-state index contributed by atoms with van der Waals surface area (Å²) in [5, 5.41) is 2.94. The molecular weight excluding hydrogens is 343 g/mol. The van der Waals surface area contributed by atoms with Gasteiger partial charge in [0, 0.05) is 0 Å². The molecule has 0 heterocycles. The average molecular weight is 368 g/mol. The fourth-order valence-electron chi connectivity index (χ4n) is 2.82. The minimum absolute atomic E-state index is 1.01. The molecule has 0 atom stereocenters. The first-order valence-corrected chi connectivity index (χ1v) is 9.31. The van der Waals surface area contributed by atoms with Gasteiger partial charge in [0.1, 0.15) is 0 Å². The molecule has 4 rings (SSSR count). The van der Waals surface area contributed by atoms with Crippen molar-refractivity contribution in [3.05, 3.63) is 65.8 Å². The van der Waals surface area contributed by atoms with Gasteiger partial charge in [0.05, 0.1) is 0 Å². The fourth-order valence-corrected chi connectivity index (χ4v) is 2.82. The van der Waals surface area contributed by atoms with E-state index in [4.69, 9.17) is 0 Å². The van der Waals surface area contributed by atoms with E-state index in [1.165, 1.54) is 39.7 Å². The van der Waals surface area contributed by atoms with Crippen LogP contribution in [-0.4, -0.2) is 3.21 Å². The summed E-state index contributed by atoms with van der Waals surface area (Å²) in [6.45, 7) is 4.25. The second kappa shape index (κ2) is 9.26. The van der Waals surface area contributed by atoms with Crippen molar-refractivity contribution in [1.82, 2.24) is 0 Å². The zero-order chi connectivity index (χ0) is 15.8. The van der Waals surface area contributed by atoms with E-state index in [1.807, 2.05) is 12.2 Å². The van der Waals surface area contributed by atoms with Crippen LogP contribution in [0, 0.1) is 6.08 Å². The molecule has 0 nitrogen and oxygen atoms in total. The standard InChI is InChI=1S/C13H13.C5H5.C3H6.Zr/c1-3-7-12-10(5-1)9-11-6-2-4-8-13(11)12;1-2-4-5-3-1;1-3-2;/h1,3,5,7,9H,2,4,6,8H2;1-3H,4H2;1-2H3;/q2*-1;;+2. The molecule has 2 aromatic rings. The number of aryl methyl sites for hydroxylation is 2. The van der Waals surface area contributed by atoms with Crippen LogP contribution in [0.15, 0.2) is 48.6 Å². The average Bonchev–Trinajstić information content (AvgIpc) is 3.18. The molecule has 1 heteroatoms. The monoisotopic (exact) mass is 366 g/mol. The molecule has 112 valence electrons. The molecular formula is C21H24Zr. The third-order valence-electron chi connectivity index (χ3n) is 3.71. The first kappa shape index (κ1) is 17.4. The van der Waals surface area contributed by atoms with Gasteiger partial charge < -0.3 is 0 Å². The summed E-state index contributed by atoms with van der Waals surface area (Å²) < 4.78 is 1.51. The zero-order valence-electron chi connectivity index (χ0n) is 13.7. The zero-order valence-corrected chi connectivity index (χ0v) is 16.1. The van der Waals surface area contributed by atoms with Crippen molar-refractivity contribution in [2.45, 2.75) is 46.0 Å². The Morgan fingerprint density at radius 3 is 2.50 bits per heavy atom. The Morgan fingerprint density at radius 1 is 1.14 bits per heavy atom. The van der Waals surface area contributed by atoms with Crippen molar-refractivity contribution in [3.8, 4) is 0 Å². The van der Waals surface area contributed by atoms with E-state index in [2.05, 4.69) is 56.3 Å². The van der Waals surface area contributed by atoms with Crippen molar-refractivity contribution in [1.29, 1.82) is 0 Å². The number of fused-ring (bicyclic) bond motifs is 3. The van der Waals surface area contributed by atoms with E-state index < -0.39 is 0 Å². The molecule has 2 aromatic carbocycles. The van der Waals surface area contributed by atoms with Crippen LogP contribution < -0.4 is 0 Å². The number of rotatable bonds is 0. The van der Waals surface area contributed by atoms with Crippen LogP contribution in [0.5, 0.6) is 0 Å². The van der Waals surface area contributed by atoms with Gasteiger partial charge in [0.15, 0.2) is 0 Å². The molecule has 0 unspecified atom stereocenters. The molecule has 0 aromatic heterocycles. The van der Waals surface area contributed by atoms with E-state index in [9.17, 15) is 0 Å². The number of allylic oxidation sites excluding steroid dienone is 4. The molecule has 0 fully saturated rings. The molecule has 0 saturated carbocycles. The minimum Gasteiger partial charge on any atom is -0.273 e. The van der Waals surface area contributed by atoms with Gasteiger partial charge in [-0.1, -0.05) is 25.3 Å². The van der Waals surface area contributed by atoms with Crippen molar-refractivity contribution >= 4 is 14.0 Å². The maximum Gasteiger partial charge on any atom is -0.0456 e. The van der Waals surface area contributed by atoms with Gasteiger partial charge in [0.2, 0.25) is 0 Å². The van der Waals surface area contributed by atoms with Crippen LogP contribution in [0.4, 0.5) is 0 Å². The predicted octanol–water partition coefficient (Wildman–Crippen LogP) is 5.49. The topological polar surface area (TPSA) is 0 Å². The van der Waals surface area contributed by atoms with E-state index in [0.29, 0.717) is 0 Å². The third-order valence-corrected chi connectivity index (χ3v) is 3.71. The Morgan fingerprint density at radius 2 is 1.86 bits per heavy atom. The van der Waals surface area contributed by atoms with Crippen LogP contribution in [0.2, 0.25) is 0 Å². The van der Waals surface area contributed by atoms with E-state index in [-0.39, 0.29) is 0 Å². The minimum atomic E-state index is 1.01. The van der Waals surface area contributed by atoms with Gasteiger partial charge >= 0.3 is 41.3 Å². The quantitative estimate of drug-likeness (QED) is 0.540. The summed E-state index contributed by atoms with van der Waals surface area (Å²) in [6, 6.07) is 11.2. The molecule has 0 bridgehead atoms. The Labute approximate surface area is 149 Å². The molecule has 0 radical (unpaired) electrons. The van der Waals surface area contributed by atoms with Crippen molar-refractivity contribution in [3.63, 3.8) is 0 Å². The van der Waals surface area contributed by atoms with Gasteiger partial charge in [-0.15, -0.1) is 47.0 Å². The molecule has 0 N–H and O–H groups in total. The van der Waals surface area contributed by atoms with E-state index in [0.717, 1.165) is 6.42 Å². The molecule has 0 amide bonds. The molecule has 0 spiro atoms. The summed E-state index contributed by atoms with van der Waals surface area (Å²) >= 11 is 1.55. The largest absolute Gasteiger partial charge is 0.273 e. The van der Waals surface area contributed by atoms with Crippen LogP contribution in [0.25, 0.3) is 10.8 Å². The van der Waals surface area contributed by atoms with E-state index in [1.54, 1.807) is 35.4 Å². The Balaban J connectivity index is 0.000000163. The normalized spacial score (nSPS) is 14.7. The van der Waals surface area contributed by atoms with Gasteiger partial charge in [-0.3, -0.25) is 6.08 Å². The molecule has 0 saturated heterocycles. The van der Waals surface area contributed by atoms with E-state index >= 15 is 0 Å². The summed E-state index contributed by atoms with van der Waals surface area (Å²) in [6.07, 6.45) is 15.3. The fraction of sp³-hybridized carbons (Fsp3) is 0.333. The van der Waals surface area contributed by atoms with Crippen molar-refractivity contribution in [2.24, 2.45) is 0 Å². The van der Waals surface area contributed by atoms with Crippen LogP contribution in [0.1, 0.15) is 44.2 Å². The van der Waals surface area contributed by atoms with Gasteiger partial charge in [0.25, 0.3) is 0 Å². The molecule has 0 aliphatic heterocycles. The number of benzene rings is 1. The first-order valence-electron chi connectivity index (χ1n) is 8.08. The van der Waals surface area contributed by atoms with Gasteiger partial charge in [-0.2, -0.15) is 11.6 Å². The number of hydrogen-bond acceptors (Lipinski definition) is 0. The van der Waals surface area contributed by atoms with Crippen LogP contribution in [0.3, 0.4) is 0 Å². The molecule has 2 aliphatic carbocycles. The van der Waals surface area contributed by atoms with Gasteiger partial charge in [-0.05, 0) is 6.42 Å². The maximum atomic E-state index is 2.99. The number of hydrogen-bond donors (Lipinski definition) is 0. The SMILES string of the molecule is C[C](C)=[Zr+2].[C-]1=CC=CC1.c1ccc2c3c([cH-]c2c1)CCCC3. The van der Waals surface area contributed by atoms with Crippen LogP contribution in [-0.2, 0) is 37.1 Å². The Hall–Kier alpha value is -0.937. The molecule has 22 heavy (non-hydrogen) atoms. The van der Waals surface area contributed by atoms with Crippen molar-refractivity contribution in [2.75, 3.05) is 0 Å². The van der Waals surface area contributed by atoms with Crippen molar-refractivity contribution < 1.29 is 24.2 Å². The Bertz CT molecular complexity index is 656. The van der Waals surface area contributed by atoms with Gasteiger partial charge in [-0.25, -0.2) is 12.2 Å². The summed E-state index contributed by atoms with van der Waals surface area (Å²) in [5.74, 6) is 0.